The molecule has 0 radical (unpaired) electrons. The van der Waals surface area contributed by atoms with Crippen LogP contribution in [0.5, 0.6) is 0 Å². The Morgan fingerprint density at radius 2 is 1.85 bits per heavy atom. The summed E-state index contributed by atoms with van der Waals surface area (Å²) in [6.45, 7) is 10.6. The van der Waals surface area contributed by atoms with Crippen molar-refractivity contribution >= 4 is 5.91 Å². The van der Waals surface area contributed by atoms with E-state index in [1.54, 1.807) is 0 Å². The highest BCUT2D eigenvalue weighted by atomic mass is 16.2. The number of rotatable bonds is 6. The minimum absolute atomic E-state index is 0.137. The molecule has 78 valence electrons. The second-order valence-corrected chi connectivity index (χ2v) is 3.34. The molecule has 0 heterocycles. The molecule has 0 spiro atoms. The lowest BCUT2D eigenvalue weighted by Gasteiger charge is -2.19. The average molecular weight is 186 g/mol. The first-order valence-corrected chi connectivity index (χ1v) is 5.15. The van der Waals surface area contributed by atoms with E-state index in [4.69, 9.17) is 0 Å². The Balaban J connectivity index is 3.72. The monoisotopic (exact) mass is 186 g/mol. The van der Waals surface area contributed by atoms with E-state index in [0.717, 1.165) is 19.5 Å². The lowest BCUT2D eigenvalue weighted by Crippen LogP contribution is -2.40. The van der Waals surface area contributed by atoms with Crippen molar-refractivity contribution in [3.63, 3.8) is 0 Å². The van der Waals surface area contributed by atoms with E-state index in [2.05, 4.69) is 31.0 Å². The molecule has 0 aromatic carbocycles. The summed E-state index contributed by atoms with van der Waals surface area (Å²) in [6, 6.07) is 0.295. The molecular formula is C10H22N2O. The van der Waals surface area contributed by atoms with E-state index in [9.17, 15) is 4.79 Å². The molecule has 1 N–H and O–H groups in total. The van der Waals surface area contributed by atoms with E-state index in [-0.39, 0.29) is 5.91 Å². The first kappa shape index (κ1) is 12.4. The summed E-state index contributed by atoms with van der Waals surface area (Å²) in [5.74, 6) is 0.137. The standard InChI is InChI=1S/C10H22N2O/c1-5-9(4)11-10(13)8-12(6-2)7-3/h9H,5-8H2,1-4H3,(H,11,13). The first-order chi connectivity index (χ1) is 6.13. The van der Waals surface area contributed by atoms with Gasteiger partial charge in [-0.05, 0) is 26.4 Å². The fourth-order valence-corrected chi connectivity index (χ4v) is 1.07. The minimum atomic E-state index is 0.137. The van der Waals surface area contributed by atoms with Crippen LogP contribution in [0.3, 0.4) is 0 Å². The third kappa shape index (κ3) is 5.64. The van der Waals surface area contributed by atoms with Crippen molar-refractivity contribution in [2.45, 2.75) is 40.2 Å². The summed E-state index contributed by atoms with van der Waals surface area (Å²) >= 11 is 0. The van der Waals surface area contributed by atoms with Crippen molar-refractivity contribution in [2.24, 2.45) is 0 Å². The summed E-state index contributed by atoms with van der Waals surface area (Å²) in [5.41, 5.74) is 0. The Labute approximate surface area is 81.5 Å². The molecule has 0 fully saturated rings. The van der Waals surface area contributed by atoms with Crippen LogP contribution in [0.1, 0.15) is 34.1 Å². The SMILES string of the molecule is CCC(C)NC(=O)CN(CC)CC. The molecule has 0 aromatic rings. The molecule has 0 rings (SSSR count). The molecule has 3 heteroatoms. The van der Waals surface area contributed by atoms with Gasteiger partial charge in [-0.25, -0.2) is 0 Å². The molecule has 1 unspecified atom stereocenters. The van der Waals surface area contributed by atoms with Crippen molar-refractivity contribution < 1.29 is 4.79 Å². The predicted molar refractivity (Wildman–Crippen MR) is 55.7 cm³/mol. The number of hydrogen-bond donors (Lipinski definition) is 1. The molecule has 0 saturated carbocycles. The lowest BCUT2D eigenvalue weighted by atomic mass is 10.2. The zero-order chi connectivity index (χ0) is 10.3. The fourth-order valence-electron chi connectivity index (χ4n) is 1.07. The minimum Gasteiger partial charge on any atom is -0.353 e. The van der Waals surface area contributed by atoms with Gasteiger partial charge in [0.2, 0.25) is 5.91 Å². The molecule has 0 aromatic heterocycles. The number of carbonyl (C=O) groups excluding carboxylic acids is 1. The fraction of sp³-hybridized carbons (Fsp3) is 0.900. The Bertz CT molecular complexity index is 144. The van der Waals surface area contributed by atoms with Crippen LogP contribution in [-0.2, 0) is 4.79 Å². The number of nitrogens with one attached hydrogen (secondary N) is 1. The van der Waals surface area contributed by atoms with Crippen molar-refractivity contribution in [3.8, 4) is 0 Å². The summed E-state index contributed by atoms with van der Waals surface area (Å²) in [4.78, 5) is 13.5. The van der Waals surface area contributed by atoms with Crippen LogP contribution in [-0.4, -0.2) is 36.5 Å². The van der Waals surface area contributed by atoms with Gasteiger partial charge >= 0.3 is 0 Å². The third-order valence-electron chi connectivity index (χ3n) is 2.28. The topological polar surface area (TPSA) is 32.3 Å². The van der Waals surface area contributed by atoms with Gasteiger partial charge < -0.3 is 5.32 Å². The van der Waals surface area contributed by atoms with Crippen molar-refractivity contribution in [1.29, 1.82) is 0 Å². The lowest BCUT2D eigenvalue weighted by molar-refractivity contribution is -0.122. The summed E-state index contributed by atoms with van der Waals surface area (Å²) in [6.07, 6.45) is 0.990. The van der Waals surface area contributed by atoms with Gasteiger partial charge in [-0.3, -0.25) is 9.69 Å². The van der Waals surface area contributed by atoms with Crippen LogP contribution in [0.2, 0.25) is 0 Å². The maximum atomic E-state index is 11.4. The number of nitrogens with zero attached hydrogens (tertiary/aromatic N) is 1. The largest absolute Gasteiger partial charge is 0.353 e. The van der Waals surface area contributed by atoms with Crippen LogP contribution >= 0.6 is 0 Å². The van der Waals surface area contributed by atoms with Gasteiger partial charge in [0.25, 0.3) is 0 Å². The van der Waals surface area contributed by atoms with Gasteiger partial charge in [-0.15, -0.1) is 0 Å². The van der Waals surface area contributed by atoms with Crippen LogP contribution in [0.25, 0.3) is 0 Å². The number of carbonyl (C=O) groups is 1. The van der Waals surface area contributed by atoms with Gasteiger partial charge in [0.05, 0.1) is 6.54 Å². The number of hydrogen-bond acceptors (Lipinski definition) is 2. The summed E-state index contributed by atoms with van der Waals surface area (Å²) < 4.78 is 0. The highest BCUT2D eigenvalue weighted by Crippen LogP contribution is 1.90. The predicted octanol–water partition coefficient (Wildman–Crippen LogP) is 1.24. The highest BCUT2D eigenvalue weighted by Gasteiger charge is 2.08. The molecule has 0 bridgehead atoms. The maximum Gasteiger partial charge on any atom is 0.234 e. The molecule has 0 aliphatic carbocycles. The third-order valence-corrected chi connectivity index (χ3v) is 2.28. The second-order valence-electron chi connectivity index (χ2n) is 3.34. The molecular weight excluding hydrogens is 164 g/mol. The van der Waals surface area contributed by atoms with Gasteiger partial charge in [0.15, 0.2) is 0 Å². The van der Waals surface area contributed by atoms with Gasteiger partial charge in [0, 0.05) is 6.04 Å². The van der Waals surface area contributed by atoms with E-state index < -0.39 is 0 Å². The molecule has 0 aliphatic heterocycles. The molecule has 0 aliphatic rings. The molecule has 1 atom stereocenters. The van der Waals surface area contributed by atoms with Gasteiger partial charge in [0.1, 0.15) is 0 Å². The smallest absolute Gasteiger partial charge is 0.234 e. The van der Waals surface area contributed by atoms with Gasteiger partial charge in [-0.1, -0.05) is 20.8 Å². The van der Waals surface area contributed by atoms with Crippen LogP contribution in [0.4, 0.5) is 0 Å². The van der Waals surface area contributed by atoms with E-state index in [1.165, 1.54) is 0 Å². The molecule has 13 heavy (non-hydrogen) atoms. The Kier molecular flexibility index (Phi) is 6.59. The first-order valence-electron chi connectivity index (χ1n) is 5.15. The normalized spacial score (nSPS) is 13.0. The molecule has 0 saturated heterocycles. The van der Waals surface area contributed by atoms with Crippen LogP contribution < -0.4 is 5.32 Å². The van der Waals surface area contributed by atoms with Gasteiger partial charge in [-0.2, -0.15) is 0 Å². The van der Waals surface area contributed by atoms with Crippen molar-refractivity contribution in [1.82, 2.24) is 10.2 Å². The van der Waals surface area contributed by atoms with Crippen molar-refractivity contribution in [2.75, 3.05) is 19.6 Å². The Morgan fingerprint density at radius 3 is 2.23 bits per heavy atom. The average Bonchev–Trinajstić information content (AvgIpc) is 2.13. The molecule has 1 amide bonds. The van der Waals surface area contributed by atoms with Crippen LogP contribution in [0, 0.1) is 0 Å². The second kappa shape index (κ2) is 6.89. The quantitative estimate of drug-likeness (QED) is 0.677. The number of likely N-dealkylation sites (N-methyl/N-ethyl adjacent to an activating group) is 1. The van der Waals surface area contributed by atoms with Crippen molar-refractivity contribution in [3.05, 3.63) is 0 Å². The Hall–Kier alpha value is -0.570. The maximum absolute atomic E-state index is 11.4. The summed E-state index contributed by atoms with van der Waals surface area (Å²) in [5, 5.41) is 2.95. The van der Waals surface area contributed by atoms with Crippen LogP contribution in [0.15, 0.2) is 0 Å². The van der Waals surface area contributed by atoms with E-state index in [1.807, 2.05) is 6.92 Å². The number of amides is 1. The zero-order valence-corrected chi connectivity index (χ0v) is 9.26. The summed E-state index contributed by atoms with van der Waals surface area (Å²) in [7, 11) is 0. The Morgan fingerprint density at radius 1 is 1.31 bits per heavy atom. The van der Waals surface area contributed by atoms with E-state index >= 15 is 0 Å². The molecule has 3 nitrogen and oxygen atoms in total. The van der Waals surface area contributed by atoms with E-state index in [0.29, 0.717) is 12.6 Å². The highest BCUT2D eigenvalue weighted by molar-refractivity contribution is 5.78. The zero-order valence-electron chi connectivity index (χ0n) is 9.26.